The largest absolute Gasteiger partial charge is 0.306 e. The van der Waals surface area contributed by atoms with Crippen LogP contribution in [0.1, 0.15) is 19.3 Å². The lowest BCUT2D eigenvalue weighted by atomic mass is 10.00. The first-order valence-electron chi connectivity index (χ1n) is 4.96. The zero-order valence-electron chi connectivity index (χ0n) is 8.56. The van der Waals surface area contributed by atoms with Crippen molar-refractivity contribution in [1.29, 1.82) is 0 Å². The minimum Gasteiger partial charge on any atom is -0.306 e. The highest BCUT2D eigenvalue weighted by Gasteiger charge is 2.31. The van der Waals surface area contributed by atoms with Crippen LogP contribution >= 0.6 is 23.2 Å². The van der Waals surface area contributed by atoms with E-state index < -0.39 is 0 Å². The average Bonchev–Trinajstić information content (AvgIpc) is 2.47. The van der Waals surface area contributed by atoms with Crippen LogP contribution in [0.25, 0.3) is 0 Å². The van der Waals surface area contributed by atoms with Crippen molar-refractivity contribution in [2.24, 2.45) is 0 Å². The second kappa shape index (κ2) is 3.88. The lowest BCUT2D eigenvalue weighted by Crippen LogP contribution is -2.25. The molecule has 0 radical (unpaired) electrons. The van der Waals surface area contributed by atoms with Crippen LogP contribution in [0.5, 0.6) is 0 Å². The molecule has 2 aliphatic carbocycles. The molecule has 0 spiro atoms. The quantitative estimate of drug-likeness (QED) is 0.628. The van der Waals surface area contributed by atoms with Gasteiger partial charge in [-0.25, -0.2) is 0 Å². The van der Waals surface area contributed by atoms with Gasteiger partial charge < -0.3 is 4.90 Å². The summed E-state index contributed by atoms with van der Waals surface area (Å²) >= 11 is 12.3. The summed E-state index contributed by atoms with van der Waals surface area (Å²) in [5.41, 5.74) is 2.79. The highest BCUT2D eigenvalue weighted by molar-refractivity contribution is 6.31. The molecule has 0 aromatic rings. The molecule has 1 unspecified atom stereocenters. The Morgan fingerprint density at radius 2 is 2.00 bits per heavy atom. The Morgan fingerprint density at radius 1 is 1.29 bits per heavy atom. The van der Waals surface area contributed by atoms with Crippen LogP contribution in [0, 0.1) is 0 Å². The van der Waals surface area contributed by atoms with E-state index in [1.54, 1.807) is 0 Å². The highest BCUT2D eigenvalue weighted by Crippen LogP contribution is 2.40. The van der Waals surface area contributed by atoms with Crippen molar-refractivity contribution in [1.82, 2.24) is 4.90 Å². The third-order valence-electron chi connectivity index (χ3n) is 3.14. The zero-order chi connectivity index (χ0) is 10.3. The van der Waals surface area contributed by atoms with Gasteiger partial charge in [0.05, 0.1) is 5.38 Å². The van der Waals surface area contributed by atoms with Gasteiger partial charge in [-0.15, -0.1) is 11.6 Å². The Hall–Kier alpha value is 0.0200. The van der Waals surface area contributed by atoms with E-state index in [4.69, 9.17) is 23.2 Å². The van der Waals surface area contributed by atoms with Crippen molar-refractivity contribution < 1.29 is 0 Å². The van der Waals surface area contributed by atoms with E-state index in [1.165, 1.54) is 11.1 Å². The van der Waals surface area contributed by atoms with Gasteiger partial charge in [0.2, 0.25) is 0 Å². The molecule has 0 fully saturated rings. The summed E-state index contributed by atoms with van der Waals surface area (Å²) < 4.78 is 0. The Kier molecular flexibility index (Phi) is 2.92. The molecule has 0 amide bonds. The fraction of sp³-hybridized carbons (Fsp3) is 0.636. The second-order valence-corrected chi connectivity index (χ2v) is 5.35. The fourth-order valence-corrected chi connectivity index (χ4v) is 2.99. The molecule has 14 heavy (non-hydrogen) atoms. The molecule has 0 heterocycles. The summed E-state index contributed by atoms with van der Waals surface area (Å²) in [7, 11) is 4.25. The molecule has 78 valence electrons. The Bertz CT molecular complexity index is 304. The van der Waals surface area contributed by atoms with Gasteiger partial charge in [-0.05, 0) is 44.2 Å². The van der Waals surface area contributed by atoms with Crippen LogP contribution in [0.3, 0.4) is 0 Å². The monoisotopic (exact) mass is 231 g/mol. The van der Waals surface area contributed by atoms with Gasteiger partial charge in [0.1, 0.15) is 0 Å². The van der Waals surface area contributed by atoms with Gasteiger partial charge in [-0.2, -0.15) is 0 Å². The first kappa shape index (κ1) is 10.5. The van der Waals surface area contributed by atoms with Crippen molar-refractivity contribution in [3.8, 4) is 0 Å². The minimum atomic E-state index is 0.132. The fourth-order valence-electron chi connectivity index (χ4n) is 2.23. The standard InChI is InChI=1S/C11H15Cl2N/c1-14(2)9-4-7-3-8(12)5-11(13)10(7)6-9/h3,9,11H,4-6H2,1-2H3/t9-,11?/m1/s1. The first-order chi connectivity index (χ1) is 6.58. The lowest BCUT2D eigenvalue weighted by Gasteiger charge is -2.19. The van der Waals surface area contributed by atoms with Gasteiger partial charge in [-0.3, -0.25) is 0 Å². The average molecular weight is 232 g/mol. The molecule has 0 aromatic heterocycles. The summed E-state index contributed by atoms with van der Waals surface area (Å²) in [4.78, 5) is 2.27. The molecule has 0 saturated heterocycles. The van der Waals surface area contributed by atoms with Gasteiger partial charge in [0.25, 0.3) is 0 Å². The lowest BCUT2D eigenvalue weighted by molar-refractivity contribution is 0.302. The van der Waals surface area contributed by atoms with Crippen LogP contribution in [-0.2, 0) is 0 Å². The van der Waals surface area contributed by atoms with E-state index in [-0.39, 0.29) is 5.38 Å². The van der Waals surface area contributed by atoms with Gasteiger partial charge in [0.15, 0.2) is 0 Å². The van der Waals surface area contributed by atoms with Crippen molar-refractivity contribution >= 4 is 23.2 Å². The normalized spacial score (nSPS) is 32.2. The van der Waals surface area contributed by atoms with Gasteiger partial charge in [0, 0.05) is 17.5 Å². The van der Waals surface area contributed by atoms with Crippen molar-refractivity contribution in [2.75, 3.05) is 14.1 Å². The molecule has 0 aliphatic heterocycles. The van der Waals surface area contributed by atoms with E-state index in [1.807, 2.05) is 0 Å². The van der Waals surface area contributed by atoms with E-state index in [2.05, 4.69) is 25.1 Å². The molecular formula is C11H15Cl2N. The number of nitrogens with zero attached hydrogens (tertiary/aromatic N) is 1. The van der Waals surface area contributed by atoms with E-state index in [9.17, 15) is 0 Å². The molecule has 0 N–H and O–H groups in total. The maximum absolute atomic E-state index is 6.28. The van der Waals surface area contributed by atoms with Crippen molar-refractivity contribution in [3.63, 3.8) is 0 Å². The minimum absolute atomic E-state index is 0.132. The maximum Gasteiger partial charge on any atom is 0.0600 e. The Labute approximate surface area is 95.4 Å². The van der Waals surface area contributed by atoms with Crippen LogP contribution in [0.2, 0.25) is 0 Å². The summed E-state index contributed by atoms with van der Waals surface area (Å²) in [5, 5.41) is 1.04. The number of alkyl halides is 1. The molecular weight excluding hydrogens is 217 g/mol. The van der Waals surface area contributed by atoms with Crippen LogP contribution in [0.15, 0.2) is 22.3 Å². The molecule has 0 bridgehead atoms. The second-order valence-electron chi connectivity index (χ2n) is 4.34. The summed E-state index contributed by atoms with van der Waals surface area (Å²) in [6, 6.07) is 0.611. The Morgan fingerprint density at radius 3 is 2.64 bits per heavy atom. The molecule has 1 nitrogen and oxygen atoms in total. The summed E-state index contributed by atoms with van der Waals surface area (Å²) in [6.07, 6.45) is 5.13. The van der Waals surface area contributed by atoms with Crippen LogP contribution in [-0.4, -0.2) is 30.4 Å². The van der Waals surface area contributed by atoms with Gasteiger partial charge in [-0.1, -0.05) is 11.6 Å². The predicted molar refractivity (Wildman–Crippen MR) is 61.9 cm³/mol. The van der Waals surface area contributed by atoms with E-state index in [0.717, 1.165) is 24.3 Å². The number of halogens is 2. The molecule has 0 aromatic carbocycles. The van der Waals surface area contributed by atoms with Crippen LogP contribution < -0.4 is 0 Å². The smallest absolute Gasteiger partial charge is 0.0600 e. The van der Waals surface area contributed by atoms with Gasteiger partial charge >= 0.3 is 0 Å². The van der Waals surface area contributed by atoms with E-state index in [0.29, 0.717) is 6.04 Å². The van der Waals surface area contributed by atoms with E-state index >= 15 is 0 Å². The number of allylic oxidation sites excluding steroid dienone is 2. The third-order valence-corrected chi connectivity index (χ3v) is 3.82. The molecule has 2 rings (SSSR count). The third kappa shape index (κ3) is 1.86. The number of hydrogen-bond acceptors (Lipinski definition) is 1. The maximum atomic E-state index is 6.28. The van der Waals surface area contributed by atoms with Crippen LogP contribution in [0.4, 0.5) is 0 Å². The first-order valence-corrected chi connectivity index (χ1v) is 5.78. The predicted octanol–water partition coefficient (Wildman–Crippen LogP) is 3.14. The summed E-state index contributed by atoms with van der Waals surface area (Å²) in [5.74, 6) is 0. The Balaban J connectivity index is 2.18. The van der Waals surface area contributed by atoms with Crippen molar-refractivity contribution in [3.05, 3.63) is 22.3 Å². The molecule has 0 saturated carbocycles. The zero-order valence-corrected chi connectivity index (χ0v) is 10.1. The van der Waals surface area contributed by atoms with Crippen molar-refractivity contribution in [2.45, 2.75) is 30.7 Å². The number of hydrogen-bond donors (Lipinski definition) is 0. The summed E-state index contributed by atoms with van der Waals surface area (Å²) in [6.45, 7) is 0. The number of rotatable bonds is 1. The SMILES string of the molecule is CN(C)[C@@H]1CC2=C(C1)C(Cl)CC(Cl)=C2. The molecule has 3 heteroatoms. The highest BCUT2D eigenvalue weighted by atomic mass is 35.5. The molecule has 2 atom stereocenters. The topological polar surface area (TPSA) is 3.24 Å². The molecule has 2 aliphatic rings.